The number of nitro groups is 1. The Bertz CT molecular complexity index is 341. The number of nitrogens with one attached hydrogen (secondary N) is 1. The number of nitro benzene ring substituents is 1. The van der Waals surface area contributed by atoms with Crippen LogP contribution in [0.5, 0.6) is 0 Å². The van der Waals surface area contributed by atoms with Gasteiger partial charge >= 0.3 is 0 Å². The van der Waals surface area contributed by atoms with Gasteiger partial charge in [-0.3, -0.25) is 10.1 Å². The van der Waals surface area contributed by atoms with E-state index < -0.39 is 4.92 Å². The van der Waals surface area contributed by atoms with Crippen molar-refractivity contribution < 1.29 is 9.66 Å². The zero-order chi connectivity index (χ0) is 11.3. The summed E-state index contributed by atoms with van der Waals surface area (Å²) in [6.45, 7) is 2.41. The van der Waals surface area contributed by atoms with Crippen LogP contribution in [0.1, 0.15) is 6.92 Å². The zero-order valence-corrected chi connectivity index (χ0v) is 8.77. The molecule has 0 aliphatic heterocycles. The van der Waals surface area contributed by atoms with Crippen LogP contribution >= 0.6 is 0 Å². The first-order chi connectivity index (χ1) is 7.15. The quantitative estimate of drug-likeness (QED) is 0.596. The van der Waals surface area contributed by atoms with Gasteiger partial charge < -0.3 is 10.1 Å². The molecule has 1 aromatic rings. The van der Waals surface area contributed by atoms with E-state index in [0.717, 1.165) is 0 Å². The third-order valence-electron chi connectivity index (χ3n) is 1.92. The maximum Gasteiger partial charge on any atom is 0.292 e. The summed E-state index contributed by atoms with van der Waals surface area (Å²) in [7, 11) is 1.59. The summed E-state index contributed by atoms with van der Waals surface area (Å²) in [6.07, 6.45) is 0. The largest absolute Gasteiger partial charge is 0.383 e. The molecule has 0 aliphatic rings. The average Bonchev–Trinajstić information content (AvgIpc) is 2.18. The molecule has 0 aliphatic carbocycles. The van der Waals surface area contributed by atoms with Gasteiger partial charge in [0.1, 0.15) is 5.69 Å². The van der Waals surface area contributed by atoms with E-state index >= 15 is 0 Å². The standard InChI is InChI=1S/C10H14N2O3/c1-8(7-15-2)11-9-5-3-4-6-10(9)12(13)14/h3-6,8,11H,7H2,1-2H3. The van der Waals surface area contributed by atoms with Crippen molar-refractivity contribution in [2.45, 2.75) is 13.0 Å². The molecule has 1 N–H and O–H groups in total. The monoisotopic (exact) mass is 210 g/mol. The normalized spacial score (nSPS) is 12.1. The predicted octanol–water partition coefficient (Wildman–Crippen LogP) is 2.04. The number of ether oxygens (including phenoxy) is 1. The van der Waals surface area contributed by atoms with E-state index in [1.807, 2.05) is 6.92 Å². The molecule has 0 saturated heterocycles. The number of nitrogens with zero attached hydrogens (tertiary/aromatic N) is 1. The number of hydrogen-bond donors (Lipinski definition) is 1. The second-order valence-corrected chi connectivity index (χ2v) is 3.27. The van der Waals surface area contributed by atoms with Gasteiger partial charge in [-0.1, -0.05) is 12.1 Å². The fourth-order valence-electron chi connectivity index (χ4n) is 1.31. The molecule has 5 heteroatoms. The highest BCUT2D eigenvalue weighted by Gasteiger charge is 2.13. The molecule has 0 radical (unpaired) electrons. The molecule has 82 valence electrons. The third-order valence-corrected chi connectivity index (χ3v) is 1.92. The van der Waals surface area contributed by atoms with E-state index in [9.17, 15) is 10.1 Å². The number of methoxy groups -OCH3 is 1. The van der Waals surface area contributed by atoms with Crippen molar-refractivity contribution in [1.29, 1.82) is 0 Å². The molecule has 5 nitrogen and oxygen atoms in total. The minimum absolute atomic E-state index is 0.0381. The lowest BCUT2D eigenvalue weighted by molar-refractivity contribution is -0.384. The van der Waals surface area contributed by atoms with Crippen LogP contribution in [-0.4, -0.2) is 24.7 Å². The first kappa shape index (κ1) is 11.5. The highest BCUT2D eigenvalue weighted by molar-refractivity contribution is 5.61. The molecule has 0 amide bonds. The summed E-state index contributed by atoms with van der Waals surface area (Å²) in [5.41, 5.74) is 0.604. The van der Waals surface area contributed by atoms with Gasteiger partial charge in [0.15, 0.2) is 0 Å². The predicted molar refractivity (Wildman–Crippen MR) is 58.1 cm³/mol. The molecule has 1 atom stereocenters. The van der Waals surface area contributed by atoms with Gasteiger partial charge in [-0.15, -0.1) is 0 Å². The van der Waals surface area contributed by atoms with Crippen LogP contribution in [0.4, 0.5) is 11.4 Å². The fraction of sp³-hybridized carbons (Fsp3) is 0.400. The maximum absolute atomic E-state index is 10.7. The molecule has 1 unspecified atom stereocenters. The Balaban J connectivity index is 2.79. The van der Waals surface area contributed by atoms with E-state index in [4.69, 9.17) is 4.74 Å². The Morgan fingerprint density at radius 3 is 2.80 bits per heavy atom. The molecule has 0 fully saturated rings. The first-order valence-corrected chi connectivity index (χ1v) is 4.64. The van der Waals surface area contributed by atoms with E-state index in [-0.39, 0.29) is 11.7 Å². The highest BCUT2D eigenvalue weighted by atomic mass is 16.6. The second kappa shape index (κ2) is 5.31. The smallest absolute Gasteiger partial charge is 0.292 e. The van der Waals surface area contributed by atoms with Gasteiger partial charge in [-0.05, 0) is 13.0 Å². The van der Waals surface area contributed by atoms with Gasteiger partial charge in [0, 0.05) is 19.2 Å². The Morgan fingerprint density at radius 1 is 1.53 bits per heavy atom. The fourth-order valence-corrected chi connectivity index (χ4v) is 1.31. The second-order valence-electron chi connectivity index (χ2n) is 3.27. The van der Waals surface area contributed by atoms with E-state index in [1.165, 1.54) is 6.07 Å². The van der Waals surface area contributed by atoms with Crippen LogP contribution in [-0.2, 0) is 4.74 Å². The Hall–Kier alpha value is -1.62. The molecule has 0 saturated carbocycles. The van der Waals surface area contributed by atoms with Crippen LogP contribution < -0.4 is 5.32 Å². The zero-order valence-electron chi connectivity index (χ0n) is 8.77. The van der Waals surface area contributed by atoms with E-state index in [2.05, 4.69) is 5.32 Å². The van der Waals surface area contributed by atoms with Crippen LogP contribution in [0, 0.1) is 10.1 Å². The summed E-state index contributed by atoms with van der Waals surface area (Å²) in [5.74, 6) is 0. The van der Waals surface area contributed by atoms with Gasteiger partial charge in [0.05, 0.1) is 11.5 Å². The maximum atomic E-state index is 10.7. The molecule has 1 aromatic carbocycles. The number of benzene rings is 1. The highest BCUT2D eigenvalue weighted by Crippen LogP contribution is 2.23. The molecule has 0 heterocycles. The number of anilines is 1. The van der Waals surface area contributed by atoms with Gasteiger partial charge in [-0.2, -0.15) is 0 Å². The Labute approximate surface area is 88.2 Å². The number of hydrogen-bond acceptors (Lipinski definition) is 4. The van der Waals surface area contributed by atoms with Gasteiger partial charge in [0.25, 0.3) is 5.69 Å². The molecule has 0 spiro atoms. The van der Waals surface area contributed by atoms with E-state index in [1.54, 1.807) is 25.3 Å². The van der Waals surface area contributed by atoms with Crippen LogP contribution in [0.15, 0.2) is 24.3 Å². The van der Waals surface area contributed by atoms with Crippen molar-refractivity contribution in [2.75, 3.05) is 19.0 Å². The summed E-state index contributed by atoms with van der Waals surface area (Å²) in [4.78, 5) is 10.3. The summed E-state index contributed by atoms with van der Waals surface area (Å²) >= 11 is 0. The van der Waals surface area contributed by atoms with Crippen molar-refractivity contribution in [2.24, 2.45) is 0 Å². The van der Waals surface area contributed by atoms with Crippen molar-refractivity contribution in [1.82, 2.24) is 0 Å². The van der Waals surface area contributed by atoms with Crippen LogP contribution in [0.2, 0.25) is 0 Å². The lowest BCUT2D eigenvalue weighted by Crippen LogP contribution is -2.21. The average molecular weight is 210 g/mol. The minimum atomic E-state index is -0.401. The van der Waals surface area contributed by atoms with Crippen LogP contribution in [0.25, 0.3) is 0 Å². The summed E-state index contributed by atoms with van der Waals surface area (Å²) < 4.78 is 4.94. The Kier molecular flexibility index (Phi) is 4.05. The molecule has 0 bridgehead atoms. The molecule has 0 aromatic heterocycles. The lowest BCUT2D eigenvalue weighted by Gasteiger charge is -2.13. The van der Waals surface area contributed by atoms with Crippen molar-refractivity contribution in [3.05, 3.63) is 34.4 Å². The molecule has 1 rings (SSSR count). The molecular formula is C10H14N2O3. The van der Waals surface area contributed by atoms with Crippen molar-refractivity contribution >= 4 is 11.4 Å². The third kappa shape index (κ3) is 3.21. The first-order valence-electron chi connectivity index (χ1n) is 4.64. The number of rotatable bonds is 5. The van der Waals surface area contributed by atoms with E-state index in [0.29, 0.717) is 12.3 Å². The van der Waals surface area contributed by atoms with Crippen molar-refractivity contribution in [3.8, 4) is 0 Å². The SMILES string of the molecule is COCC(C)Nc1ccccc1[N+](=O)[O-]. The van der Waals surface area contributed by atoms with Gasteiger partial charge in [-0.25, -0.2) is 0 Å². The van der Waals surface area contributed by atoms with Crippen molar-refractivity contribution in [3.63, 3.8) is 0 Å². The van der Waals surface area contributed by atoms with Gasteiger partial charge in [0.2, 0.25) is 0 Å². The Morgan fingerprint density at radius 2 is 2.20 bits per heavy atom. The topological polar surface area (TPSA) is 64.4 Å². The summed E-state index contributed by atoms with van der Waals surface area (Å²) in [6, 6.07) is 6.60. The minimum Gasteiger partial charge on any atom is -0.383 e. The summed E-state index contributed by atoms with van der Waals surface area (Å²) in [5, 5.41) is 13.7. The lowest BCUT2D eigenvalue weighted by atomic mass is 10.2. The van der Waals surface area contributed by atoms with Crippen LogP contribution in [0.3, 0.4) is 0 Å². The number of para-hydroxylation sites is 2. The molecule has 15 heavy (non-hydrogen) atoms. The molecular weight excluding hydrogens is 196 g/mol.